The van der Waals surface area contributed by atoms with Gasteiger partial charge in [-0.2, -0.15) is 0 Å². The van der Waals surface area contributed by atoms with Gasteiger partial charge in [0.05, 0.1) is 10.0 Å². The van der Waals surface area contributed by atoms with Gasteiger partial charge in [-0.1, -0.05) is 29.3 Å². The molecule has 0 aliphatic carbocycles. The van der Waals surface area contributed by atoms with Crippen LogP contribution in [0.25, 0.3) is 0 Å². The van der Waals surface area contributed by atoms with Crippen molar-refractivity contribution in [3.63, 3.8) is 0 Å². The Morgan fingerprint density at radius 3 is 2.54 bits per heavy atom. The Hall–Kier alpha value is -2.57. The predicted molar refractivity (Wildman–Crippen MR) is 109 cm³/mol. The number of hydrogen-bond donors (Lipinski definition) is 2. The molecule has 1 fully saturated rings. The van der Waals surface area contributed by atoms with Crippen LogP contribution in [0.4, 0.5) is 5.69 Å². The number of rotatable bonds is 4. The van der Waals surface area contributed by atoms with Gasteiger partial charge in [-0.25, -0.2) is 0 Å². The molecule has 28 heavy (non-hydrogen) atoms. The lowest BCUT2D eigenvalue weighted by Crippen LogP contribution is -2.43. The van der Waals surface area contributed by atoms with Crippen molar-refractivity contribution in [2.45, 2.75) is 18.9 Å². The van der Waals surface area contributed by atoms with E-state index in [1.807, 2.05) is 0 Å². The van der Waals surface area contributed by atoms with Gasteiger partial charge in [0.25, 0.3) is 11.8 Å². The predicted octanol–water partition coefficient (Wildman–Crippen LogP) is 3.60. The van der Waals surface area contributed by atoms with Crippen LogP contribution in [-0.4, -0.2) is 42.3 Å². The molecule has 0 bridgehead atoms. The summed E-state index contributed by atoms with van der Waals surface area (Å²) in [7, 11) is 1.54. The zero-order chi connectivity index (χ0) is 20.3. The molecule has 2 aromatic carbocycles. The average Bonchev–Trinajstić information content (AvgIpc) is 3.19. The van der Waals surface area contributed by atoms with Crippen LogP contribution in [-0.2, 0) is 4.79 Å². The number of carbonyl (C=O) groups excluding carboxylic acids is 3. The molecule has 1 unspecified atom stereocenters. The number of carbonyl (C=O) groups is 3. The highest BCUT2D eigenvalue weighted by atomic mass is 35.5. The van der Waals surface area contributed by atoms with Gasteiger partial charge >= 0.3 is 0 Å². The Morgan fingerprint density at radius 1 is 1.04 bits per heavy atom. The molecule has 1 aliphatic rings. The van der Waals surface area contributed by atoms with E-state index in [2.05, 4.69) is 10.6 Å². The van der Waals surface area contributed by atoms with Crippen LogP contribution in [0, 0.1) is 0 Å². The van der Waals surface area contributed by atoms with Gasteiger partial charge in [-0.05, 0) is 49.2 Å². The summed E-state index contributed by atoms with van der Waals surface area (Å²) in [4.78, 5) is 38.9. The van der Waals surface area contributed by atoms with Gasteiger partial charge in [-0.3, -0.25) is 14.4 Å². The smallest absolute Gasteiger partial charge is 0.254 e. The molecule has 2 N–H and O–H groups in total. The topological polar surface area (TPSA) is 78.5 Å². The summed E-state index contributed by atoms with van der Waals surface area (Å²) in [6.07, 6.45) is 1.29. The first-order chi connectivity index (χ1) is 13.4. The summed E-state index contributed by atoms with van der Waals surface area (Å²) in [6.45, 7) is 0.482. The average molecular weight is 420 g/mol. The molecule has 146 valence electrons. The van der Waals surface area contributed by atoms with Crippen LogP contribution >= 0.6 is 23.2 Å². The van der Waals surface area contributed by atoms with E-state index in [1.165, 1.54) is 11.0 Å². The number of anilines is 1. The molecule has 0 spiro atoms. The summed E-state index contributed by atoms with van der Waals surface area (Å²) in [5, 5.41) is 6.00. The van der Waals surface area contributed by atoms with Crippen LogP contribution in [0.1, 0.15) is 33.6 Å². The zero-order valence-corrected chi connectivity index (χ0v) is 16.7. The third-order valence-corrected chi connectivity index (χ3v) is 5.34. The zero-order valence-electron chi connectivity index (χ0n) is 15.2. The van der Waals surface area contributed by atoms with Crippen molar-refractivity contribution in [1.29, 1.82) is 0 Å². The van der Waals surface area contributed by atoms with Crippen molar-refractivity contribution in [2.24, 2.45) is 0 Å². The minimum Gasteiger partial charge on any atom is -0.355 e. The highest BCUT2D eigenvalue weighted by molar-refractivity contribution is 6.42. The summed E-state index contributed by atoms with van der Waals surface area (Å²) in [6, 6.07) is 10.7. The Labute approximate surface area is 172 Å². The third-order valence-electron chi connectivity index (χ3n) is 4.60. The number of nitrogens with one attached hydrogen (secondary N) is 2. The first-order valence-electron chi connectivity index (χ1n) is 8.79. The quantitative estimate of drug-likeness (QED) is 0.794. The fourth-order valence-corrected chi connectivity index (χ4v) is 3.48. The molecule has 0 aromatic heterocycles. The van der Waals surface area contributed by atoms with Crippen LogP contribution in [0.2, 0.25) is 10.0 Å². The van der Waals surface area contributed by atoms with E-state index < -0.39 is 6.04 Å². The fraction of sp³-hybridized carbons (Fsp3) is 0.250. The van der Waals surface area contributed by atoms with Gasteiger partial charge in [0.2, 0.25) is 5.91 Å². The molecule has 0 radical (unpaired) electrons. The van der Waals surface area contributed by atoms with E-state index in [4.69, 9.17) is 23.2 Å². The summed E-state index contributed by atoms with van der Waals surface area (Å²) >= 11 is 11.9. The Bertz CT molecular complexity index is 933. The van der Waals surface area contributed by atoms with Gasteiger partial charge in [0.1, 0.15) is 6.04 Å². The maximum absolute atomic E-state index is 12.9. The van der Waals surface area contributed by atoms with Crippen LogP contribution in [0.15, 0.2) is 42.5 Å². The highest BCUT2D eigenvalue weighted by Gasteiger charge is 2.34. The minimum atomic E-state index is -0.592. The van der Waals surface area contributed by atoms with E-state index in [-0.39, 0.29) is 17.7 Å². The number of halogens is 2. The third kappa shape index (κ3) is 4.29. The maximum atomic E-state index is 12.9. The van der Waals surface area contributed by atoms with Crippen LogP contribution in [0.5, 0.6) is 0 Å². The van der Waals surface area contributed by atoms with Gasteiger partial charge < -0.3 is 15.5 Å². The van der Waals surface area contributed by atoms with Crippen LogP contribution < -0.4 is 10.6 Å². The van der Waals surface area contributed by atoms with Gasteiger partial charge in [0.15, 0.2) is 0 Å². The second-order valence-electron chi connectivity index (χ2n) is 6.43. The second-order valence-corrected chi connectivity index (χ2v) is 7.25. The normalized spacial score (nSPS) is 16.0. The summed E-state index contributed by atoms with van der Waals surface area (Å²) in [5.74, 6) is -0.802. The van der Waals surface area contributed by atoms with Gasteiger partial charge in [0, 0.05) is 30.4 Å². The molecule has 3 amide bonds. The Morgan fingerprint density at radius 2 is 1.82 bits per heavy atom. The second kappa shape index (κ2) is 8.63. The molecule has 3 rings (SSSR count). The van der Waals surface area contributed by atoms with Crippen molar-refractivity contribution in [3.05, 3.63) is 63.6 Å². The lowest BCUT2D eigenvalue weighted by Gasteiger charge is -2.24. The van der Waals surface area contributed by atoms with Crippen molar-refractivity contribution in [1.82, 2.24) is 10.2 Å². The first-order valence-corrected chi connectivity index (χ1v) is 9.55. The summed E-state index contributed by atoms with van der Waals surface area (Å²) in [5.41, 5.74) is 1.33. The van der Waals surface area contributed by atoms with E-state index in [9.17, 15) is 14.4 Å². The first kappa shape index (κ1) is 20.2. The summed E-state index contributed by atoms with van der Waals surface area (Å²) < 4.78 is 0. The van der Waals surface area contributed by atoms with Crippen molar-refractivity contribution >= 4 is 46.6 Å². The molecule has 8 heteroatoms. The molecule has 2 aromatic rings. The largest absolute Gasteiger partial charge is 0.355 e. The van der Waals surface area contributed by atoms with Crippen molar-refractivity contribution < 1.29 is 14.4 Å². The molecule has 0 saturated carbocycles. The lowest BCUT2D eigenvalue weighted by molar-refractivity contribution is -0.119. The number of hydrogen-bond acceptors (Lipinski definition) is 3. The monoisotopic (exact) mass is 419 g/mol. The molecular formula is C20H19Cl2N3O3. The van der Waals surface area contributed by atoms with Crippen molar-refractivity contribution in [2.75, 3.05) is 18.9 Å². The molecule has 6 nitrogen and oxygen atoms in total. The lowest BCUT2D eigenvalue weighted by atomic mass is 10.1. The number of nitrogens with zero attached hydrogens (tertiary/aromatic N) is 1. The number of likely N-dealkylation sites (tertiary alicyclic amines) is 1. The molecular weight excluding hydrogens is 401 g/mol. The molecule has 1 saturated heterocycles. The van der Waals surface area contributed by atoms with Crippen LogP contribution in [0.3, 0.4) is 0 Å². The van der Waals surface area contributed by atoms with E-state index >= 15 is 0 Å². The fourth-order valence-electron chi connectivity index (χ4n) is 3.19. The molecule has 1 heterocycles. The minimum absolute atomic E-state index is 0.242. The Kier molecular flexibility index (Phi) is 6.21. The maximum Gasteiger partial charge on any atom is 0.254 e. The highest BCUT2D eigenvalue weighted by Crippen LogP contribution is 2.26. The molecule has 1 aliphatic heterocycles. The number of amides is 3. The molecule has 1 atom stereocenters. The van der Waals surface area contributed by atoms with E-state index in [0.29, 0.717) is 39.8 Å². The van der Waals surface area contributed by atoms with E-state index in [0.717, 1.165) is 6.42 Å². The SMILES string of the molecule is CNC(=O)c1cccc(NC(=O)C2CCCN2C(=O)c2ccc(Cl)c(Cl)c2)c1. The van der Waals surface area contributed by atoms with Crippen molar-refractivity contribution in [3.8, 4) is 0 Å². The standard InChI is InChI=1S/C20H19Cl2N3O3/c1-23-18(26)12-4-2-5-14(10-12)24-19(27)17-6-3-9-25(17)20(28)13-7-8-15(21)16(22)11-13/h2,4-5,7-8,10-11,17H,3,6,9H2,1H3,(H,23,26)(H,24,27). The Balaban J connectivity index is 1.75. The number of benzene rings is 2. The van der Waals surface area contributed by atoms with Gasteiger partial charge in [-0.15, -0.1) is 0 Å². The van der Waals surface area contributed by atoms with E-state index in [1.54, 1.807) is 43.4 Å².